The molecule has 0 spiro atoms. The van der Waals surface area contributed by atoms with Gasteiger partial charge in [0.25, 0.3) is 0 Å². The molecule has 0 aliphatic carbocycles. The molecule has 1 heterocycles. The van der Waals surface area contributed by atoms with Crippen LogP contribution in [0, 0.1) is 0 Å². The van der Waals surface area contributed by atoms with Crippen molar-refractivity contribution in [3.05, 3.63) is 64.1 Å². The number of rotatable bonds is 4. The minimum atomic E-state index is 0.0786. The number of nitrogens with zero attached hydrogens (tertiary/aromatic N) is 2. The van der Waals surface area contributed by atoms with E-state index in [0.717, 1.165) is 47.5 Å². The first-order valence-electron chi connectivity index (χ1n) is 8.41. The van der Waals surface area contributed by atoms with Gasteiger partial charge in [-0.15, -0.1) is 0 Å². The number of benzene rings is 2. The van der Waals surface area contributed by atoms with Gasteiger partial charge in [-0.1, -0.05) is 28.1 Å². The molecule has 0 radical (unpaired) electrons. The van der Waals surface area contributed by atoms with Crippen molar-refractivity contribution in [1.82, 2.24) is 4.90 Å². The molecule has 0 saturated carbocycles. The third-order valence-corrected chi connectivity index (χ3v) is 5.07. The van der Waals surface area contributed by atoms with E-state index in [4.69, 9.17) is 0 Å². The molecule has 1 aliphatic heterocycles. The van der Waals surface area contributed by atoms with E-state index >= 15 is 0 Å². The first kappa shape index (κ1) is 17.7. The van der Waals surface area contributed by atoms with Gasteiger partial charge in [-0.3, -0.25) is 9.59 Å². The van der Waals surface area contributed by atoms with Crippen LogP contribution >= 0.6 is 15.9 Å². The maximum Gasteiger partial charge on any atom is 0.227 e. The van der Waals surface area contributed by atoms with Gasteiger partial charge in [-0.25, -0.2) is 0 Å². The lowest BCUT2D eigenvalue weighted by Crippen LogP contribution is -2.49. The molecule has 0 aromatic heterocycles. The first-order chi connectivity index (χ1) is 12.0. The van der Waals surface area contributed by atoms with Crippen LogP contribution in [0.25, 0.3) is 0 Å². The van der Waals surface area contributed by atoms with Crippen molar-refractivity contribution >= 4 is 33.3 Å². The summed E-state index contributed by atoms with van der Waals surface area (Å²) in [6, 6.07) is 15.6. The number of anilines is 1. The van der Waals surface area contributed by atoms with Gasteiger partial charge >= 0.3 is 0 Å². The highest BCUT2D eigenvalue weighted by molar-refractivity contribution is 9.10. The second-order valence-corrected chi connectivity index (χ2v) is 7.19. The molecule has 1 amide bonds. The van der Waals surface area contributed by atoms with E-state index in [9.17, 15) is 9.59 Å². The molecule has 0 atom stereocenters. The average molecular weight is 401 g/mol. The number of Topliss-reactive ketones (excluding diaryl/α,β-unsaturated/α-hetero) is 1. The van der Waals surface area contributed by atoms with Crippen LogP contribution in [0.3, 0.4) is 0 Å². The highest BCUT2D eigenvalue weighted by Gasteiger charge is 2.21. The Morgan fingerprint density at radius 3 is 2.08 bits per heavy atom. The number of carbonyl (C=O) groups excluding carboxylic acids is 2. The monoisotopic (exact) mass is 400 g/mol. The number of piperazine rings is 1. The molecule has 2 aromatic rings. The Kier molecular flexibility index (Phi) is 5.53. The molecular weight excluding hydrogens is 380 g/mol. The van der Waals surface area contributed by atoms with Crippen LogP contribution in [-0.2, 0) is 11.2 Å². The number of amides is 1. The average Bonchev–Trinajstić information content (AvgIpc) is 2.64. The number of ketones is 1. The predicted molar refractivity (Wildman–Crippen MR) is 103 cm³/mol. The number of hydrogen-bond donors (Lipinski definition) is 0. The Morgan fingerprint density at radius 2 is 1.52 bits per heavy atom. The van der Waals surface area contributed by atoms with Crippen LogP contribution in [0.5, 0.6) is 0 Å². The number of carbonyl (C=O) groups is 2. The standard InChI is InChI=1S/C20H21BrN2O2/c1-15(24)17-4-8-19(9-5-17)22-10-12-23(13-11-22)20(25)14-16-2-6-18(21)7-3-16/h2-9H,10-14H2,1H3. The third kappa shape index (κ3) is 4.48. The lowest BCUT2D eigenvalue weighted by Gasteiger charge is -2.36. The molecule has 1 fully saturated rings. The van der Waals surface area contributed by atoms with Crippen LogP contribution in [0.1, 0.15) is 22.8 Å². The van der Waals surface area contributed by atoms with E-state index in [1.807, 2.05) is 53.4 Å². The molecule has 130 valence electrons. The molecule has 25 heavy (non-hydrogen) atoms. The van der Waals surface area contributed by atoms with Crippen molar-refractivity contribution in [2.45, 2.75) is 13.3 Å². The fraction of sp³-hybridized carbons (Fsp3) is 0.300. The summed E-state index contributed by atoms with van der Waals surface area (Å²) < 4.78 is 1.02. The van der Waals surface area contributed by atoms with E-state index in [2.05, 4.69) is 20.8 Å². The summed E-state index contributed by atoms with van der Waals surface area (Å²) in [6.45, 7) is 4.65. The van der Waals surface area contributed by atoms with Crippen LogP contribution in [0.2, 0.25) is 0 Å². The second-order valence-electron chi connectivity index (χ2n) is 6.27. The molecule has 1 saturated heterocycles. The quantitative estimate of drug-likeness (QED) is 0.736. The lowest BCUT2D eigenvalue weighted by molar-refractivity contribution is -0.130. The van der Waals surface area contributed by atoms with Crippen molar-refractivity contribution in [1.29, 1.82) is 0 Å². The van der Waals surface area contributed by atoms with E-state index in [-0.39, 0.29) is 11.7 Å². The second kappa shape index (κ2) is 7.83. The van der Waals surface area contributed by atoms with E-state index in [0.29, 0.717) is 6.42 Å². The van der Waals surface area contributed by atoms with Crippen LogP contribution in [-0.4, -0.2) is 42.8 Å². The predicted octanol–water partition coefficient (Wildman–Crippen LogP) is 3.54. The van der Waals surface area contributed by atoms with E-state index in [1.165, 1.54) is 0 Å². The summed E-state index contributed by atoms with van der Waals surface area (Å²) in [5.74, 6) is 0.254. The molecule has 3 rings (SSSR count). The lowest BCUT2D eigenvalue weighted by atomic mass is 10.1. The van der Waals surface area contributed by atoms with Crippen LogP contribution < -0.4 is 4.90 Å². The molecule has 0 N–H and O–H groups in total. The Labute approximate surface area is 156 Å². The summed E-state index contributed by atoms with van der Waals surface area (Å²) >= 11 is 3.41. The largest absolute Gasteiger partial charge is 0.368 e. The molecule has 5 heteroatoms. The zero-order chi connectivity index (χ0) is 17.8. The van der Waals surface area contributed by atoms with Gasteiger partial charge in [-0.05, 0) is 48.9 Å². The number of hydrogen-bond acceptors (Lipinski definition) is 3. The molecular formula is C20H21BrN2O2. The van der Waals surface area contributed by atoms with E-state index in [1.54, 1.807) is 6.92 Å². The van der Waals surface area contributed by atoms with Gasteiger partial charge in [-0.2, -0.15) is 0 Å². The van der Waals surface area contributed by atoms with Crippen LogP contribution in [0.15, 0.2) is 53.0 Å². The van der Waals surface area contributed by atoms with Crippen molar-refractivity contribution in [3.63, 3.8) is 0 Å². The highest BCUT2D eigenvalue weighted by Crippen LogP contribution is 2.18. The summed E-state index contributed by atoms with van der Waals surface area (Å²) in [5, 5.41) is 0. The minimum absolute atomic E-state index is 0.0786. The summed E-state index contributed by atoms with van der Waals surface area (Å²) in [5.41, 5.74) is 2.87. The van der Waals surface area contributed by atoms with Crippen molar-refractivity contribution in [2.75, 3.05) is 31.1 Å². The first-order valence-corrected chi connectivity index (χ1v) is 9.20. The summed E-state index contributed by atoms with van der Waals surface area (Å²) in [7, 11) is 0. The smallest absolute Gasteiger partial charge is 0.227 e. The van der Waals surface area contributed by atoms with Crippen LogP contribution in [0.4, 0.5) is 5.69 Å². The molecule has 2 aromatic carbocycles. The molecule has 0 bridgehead atoms. The maximum atomic E-state index is 12.5. The molecule has 4 nitrogen and oxygen atoms in total. The SMILES string of the molecule is CC(=O)c1ccc(N2CCN(C(=O)Cc3ccc(Br)cc3)CC2)cc1. The topological polar surface area (TPSA) is 40.6 Å². The zero-order valence-electron chi connectivity index (χ0n) is 14.2. The Hall–Kier alpha value is -2.14. The fourth-order valence-corrected chi connectivity index (χ4v) is 3.27. The zero-order valence-corrected chi connectivity index (χ0v) is 15.8. The Balaban J connectivity index is 1.55. The van der Waals surface area contributed by atoms with Crippen molar-refractivity contribution in [3.8, 4) is 0 Å². The Morgan fingerprint density at radius 1 is 0.920 bits per heavy atom. The maximum absolute atomic E-state index is 12.5. The summed E-state index contributed by atoms with van der Waals surface area (Å²) in [4.78, 5) is 28.0. The van der Waals surface area contributed by atoms with Crippen molar-refractivity contribution < 1.29 is 9.59 Å². The van der Waals surface area contributed by atoms with Gasteiger partial charge in [0.05, 0.1) is 6.42 Å². The normalized spacial score (nSPS) is 14.5. The van der Waals surface area contributed by atoms with E-state index < -0.39 is 0 Å². The van der Waals surface area contributed by atoms with Gasteiger partial charge < -0.3 is 9.80 Å². The fourth-order valence-electron chi connectivity index (χ4n) is 3.01. The van der Waals surface area contributed by atoms with Gasteiger partial charge in [0.15, 0.2) is 5.78 Å². The molecule has 0 unspecified atom stereocenters. The van der Waals surface area contributed by atoms with Gasteiger partial charge in [0.1, 0.15) is 0 Å². The highest BCUT2D eigenvalue weighted by atomic mass is 79.9. The summed E-state index contributed by atoms with van der Waals surface area (Å²) in [6.07, 6.45) is 0.445. The third-order valence-electron chi connectivity index (χ3n) is 4.54. The molecule has 1 aliphatic rings. The van der Waals surface area contributed by atoms with Gasteiger partial charge in [0, 0.05) is 41.9 Å². The minimum Gasteiger partial charge on any atom is -0.368 e. The van der Waals surface area contributed by atoms with Crippen molar-refractivity contribution in [2.24, 2.45) is 0 Å². The Bertz CT molecular complexity index is 748. The number of halogens is 1. The van der Waals surface area contributed by atoms with Gasteiger partial charge in [0.2, 0.25) is 5.91 Å².